The van der Waals surface area contributed by atoms with Crippen LogP contribution < -0.4 is 10.2 Å². The quantitative estimate of drug-likeness (QED) is 0.415. The van der Waals surface area contributed by atoms with Crippen molar-refractivity contribution in [3.63, 3.8) is 0 Å². The van der Waals surface area contributed by atoms with Crippen LogP contribution in [0.3, 0.4) is 0 Å². The minimum atomic E-state index is -2.94. The van der Waals surface area contributed by atoms with Crippen LogP contribution in [-0.2, 0) is 6.54 Å². The van der Waals surface area contributed by atoms with Crippen molar-refractivity contribution in [2.45, 2.75) is 31.5 Å². The van der Waals surface area contributed by atoms with E-state index in [1.165, 1.54) is 18.2 Å². The summed E-state index contributed by atoms with van der Waals surface area (Å²) in [6.45, 7) is 1.35. The molecule has 0 spiro atoms. The molecule has 178 valence electrons. The summed E-state index contributed by atoms with van der Waals surface area (Å²) in [4.78, 5) is 3.56. The van der Waals surface area contributed by atoms with E-state index in [4.69, 9.17) is 16.6 Å². The summed E-state index contributed by atoms with van der Waals surface area (Å²) in [5.41, 5.74) is 0.610. The number of piperazine rings is 1. The highest BCUT2D eigenvalue weighted by Crippen LogP contribution is 2.30. The van der Waals surface area contributed by atoms with Gasteiger partial charge in [0.05, 0.1) is 6.54 Å². The van der Waals surface area contributed by atoms with Crippen LogP contribution in [0.15, 0.2) is 40.8 Å². The summed E-state index contributed by atoms with van der Waals surface area (Å²) in [6.07, 6.45) is -2.02. The largest absolute Gasteiger partial charge is 0.415 e. The van der Waals surface area contributed by atoms with Crippen LogP contribution in [-0.4, -0.2) is 45.4 Å². The maximum atomic E-state index is 15.0. The van der Waals surface area contributed by atoms with Crippen LogP contribution in [0.1, 0.15) is 24.3 Å². The third-order valence-electron chi connectivity index (χ3n) is 6.00. The van der Waals surface area contributed by atoms with Crippen LogP contribution in [0, 0.1) is 17.5 Å². The van der Waals surface area contributed by atoms with Crippen molar-refractivity contribution in [1.82, 2.24) is 20.4 Å². The Balaban J connectivity index is 1.44. The van der Waals surface area contributed by atoms with Gasteiger partial charge in [0, 0.05) is 48.1 Å². The average molecular weight is 495 g/mol. The van der Waals surface area contributed by atoms with Gasteiger partial charge in [-0.3, -0.25) is 0 Å². The first-order valence-corrected chi connectivity index (χ1v) is 10.9. The standard InChI is InChI=1S/C22H18F5N5OS/c23-16-4-3-14(7-18(16)25)31(22(34)32-10-13-6-15(32)8-28-13)9-12-2-1-11(5-17(12)24)20-29-30-21(33-20)19(26)27/h1-5,7,13,15,19,28H,6,8-10H2/t13-,15-/m0/s1. The summed E-state index contributed by atoms with van der Waals surface area (Å²) in [5.74, 6) is -3.82. The van der Waals surface area contributed by atoms with Crippen LogP contribution in [0.25, 0.3) is 11.5 Å². The lowest BCUT2D eigenvalue weighted by Gasteiger charge is -2.36. The Kier molecular flexibility index (Phi) is 5.94. The van der Waals surface area contributed by atoms with Crippen LogP contribution in [0.4, 0.5) is 27.6 Å². The number of halogens is 5. The van der Waals surface area contributed by atoms with Crippen molar-refractivity contribution in [2.75, 3.05) is 18.0 Å². The summed E-state index contributed by atoms with van der Waals surface area (Å²) in [7, 11) is 0. The number of nitrogens with zero attached hydrogens (tertiary/aromatic N) is 4. The van der Waals surface area contributed by atoms with Gasteiger partial charge in [-0.05, 0) is 42.9 Å². The van der Waals surface area contributed by atoms with Crippen molar-refractivity contribution in [3.05, 3.63) is 65.3 Å². The number of nitrogens with one attached hydrogen (secondary N) is 1. The van der Waals surface area contributed by atoms with E-state index in [2.05, 4.69) is 15.5 Å². The number of likely N-dealkylation sites (tertiary alicyclic amines) is 1. The first-order valence-electron chi connectivity index (χ1n) is 10.5. The molecule has 2 aliphatic heterocycles. The number of fused-ring (bicyclic) bond motifs is 2. The fraction of sp³-hybridized carbons (Fsp3) is 0.318. The van der Waals surface area contributed by atoms with Gasteiger partial charge in [-0.15, -0.1) is 10.2 Å². The predicted molar refractivity (Wildman–Crippen MR) is 117 cm³/mol. The lowest BCUT2D eigenvalue weighted by molar-refractivity contribution is 0.116. The summed E-state index contributed by atoms with van der Waals surface area (Å²) >= 11 is 5.71. The molecule has 0 amide bonds. The van der Waals surface area contributed by atoms with Gasteiger partial charge in [0.25, 0.3) is 5.89 Å². The first kappa shape index (κ1) is 22.7. The van der Waals surface area contributed by atoms with Crippen LogP contribution in [0.5, 0.6) is 0 Å². The third-order valence-corrected chi connectivity index (χ3v) is 6.46. The zero-order chi connectivity index (χ0) is 24.0. The Labute approximate surface area is 196 Å². The molecule has 2 aliphatic rings. The second kappa shape index (κ2) is 8.91. The normalized spacial score (nSPS) is 19.3. The molecule has 2 aromatic carbocycles. The minimum Gasteiger partial charge on any atom is -0.415 e. The number of thiocarbonyl (C=S) groups is 1. The van der Waals surface area contributed by atoms with E-state index in [0.29, 0.717) is 17.7 Å². The highest BCUT2D eigenvalue weighted by Gasteiger charge is 2.40. The van der Waals surface area contributed by atoms with Crippen LogP contribution >= 0.6 is 12.2 Å². The smallest absolute Gasteiger partial charge is 0.314 e. The van der Waals surface area contributed by atoms with Crippen molar-refractivity contribution in [2.24, 2.45) is 0 Å². The monoisotopic (exact) mass is 495 g/mol. The van der Waals surface area contributed by atoms with Gasteiger partial charge in [-0.2, -0.15) is 8.78 Å². The number of anilines is 1. The summed E-state index contributed by atoms with van der Waals surface area (Å²) in [6, 6.07) is 7.83. The number of hydrogen-bond donors (Lipinski definition) is 1. The molecule has 0 saturated carbocycles. The highest BCUT2D eigenvalue weighted by molar-refractivity contribution is 7.80. The molecule has 6 nitrogen and oxygen atoms in total. The maximum absolute atomic E-state index is 15.0. The van der Waals surface area contributed by atoms with Gasteiger partial charge >= 0.3 is 6.43 Å². The lowest BCUT2D eigenvalue weighted by atomic mass is 10.1. The molecular formula is C22H18F5N5OS. The predicted octanol–water partition coefficient (Wildman–Crippen LogP) is 4.43. The molecule has 34 heavy (non-hydrogen) atoms. The molecule has 2 atom stereocenters. The van der Waals surface area contributed by atoms with Gasteiger partial charge in [-0.1, -0.05) is 6.07 Å². The molecule has 12 heteroatoms. The molecular weight excluding hydrogens is 477 g/mol. The maximum Gasteiger partial charge on any atom is 0.314 e. The van der Waals surface area contributed by atoms with Crippen molar-refractivity contribution < 1.29 is 26.4 Å². The van der Waals surface area contributed by atoms with E-state index in [1.807, 2.05) is 4.90 Å². The number of hydrogen-bond acceptors (Lipinski definition) is 5. The molecule has 2 fully saturated rings. The van der Waals surface area contributed by atoms with E-state index < -0.39 is 29.8 Å². The van der Waals surface area contributed by atoms with Gasteiger partial charge < -0.3 is 19.5 Å². The number of aromatic nitrogens is 2. The van der Waals surface area contributed by atoms with Crippen molar-refractivity contribution in [3.8, 4) is 11.5 Å². The van der Waals surface area contributed by atoms with Crippen molar-refractivity contribution in [1.29, 1.82) is 0 Å². The Morgan fingerprint density at radius 1 is 1.12 bits per heavy atom. The molecule has 1 N–H and O–H groups in total. The molecule has 0 aliphatic carbocycles. The van der Waals surface area contributed by atoms with Gasteiger partial charge in [0.1, 0.15) is 5.82 Å². The molecule has 3 heterocycles. The second-order valence-electron chi connectivity index (χ2n) is 8.17. The van der Waals surface area contributed by atoms with Gasteiger partial charge in [0.15, 0.2) is 16.7 Å². The number of rotatable bonds is 5. The molecule has 0 unspecified atom stereocenters. The molecule has 5 rings (SSSR count). The van der Waals surface area contributed by atoms with E-state index in [-0.39, 0.29) is 35.3 Å². The fourth-order valence-corrected chi connectivity index (χ4v) is 4.68. The number of alkyl halides is 2. The zero-order valence-electron chi connectivity index (χ0n) is 17.5. The topological polar surface area (TPSA) is 57.4 Å². The molecule has 3 aromatic rings. The van der Waals surface area contributed by atoms with Gasteiger partial charge in [0.2, 0.25) is 5.89 Å². The Morgan fingerprint density at radius 2 is 1.94 bits per heavy atom. The van der Waals surface area contributed by atoms with Gasteiger partial charge in [-0.25, -0.2) is 13.2 Å². The van der Waals surface area contributed by atoms with E-state index >= 15 is 4.39 Å². The second-order valence-corrected chi connectivity index (χ2v) is 8.53. The van der Waals surface area contributed by atoms with Crippen molar-refractivity contribution >= 4 is 23.0 Å². The number of benzene rings is 2. The average Bonchev–Trinajstić information content (AvgIpc) is 3.57. The Morgan fingerprint density at radius 3 is 2.56 bits per heavy atom. The fourth-order valence-electron chi connectivity index (χ4n) is 4.29. The SMILES string of the molecule is Fc1ccc(N(Cc2ccc(-c3nnc(C(F)F)o3)cc2F)C(=S)N2C[C@@H]3C[C@H]2CN3)cc1F. The van der Waals surface area contributed by atoms with E-state index in [1.54, 1.807) is 4.90 Å². The molecule has 2 saturated heterocycles. The third kappa shape index (κ3) is 4.23. The lowest BCUT2D eigenvalue weighted by Crippen LogP contribution is -2.51. The van der Waals surface area contributed by atoms with Crippen LogP contribution in [0.2, 0.25) is 0 Å². The summed E-state index contributed by atoms with van der Waals surface area (Å²) < 4.78 is 72.9. The molecule has 1 aromatic heterocycles. The zero-order valence-corrected chi connectivity index (χ0v) is 18.3. The first-order chi connectivity index (χ1) is 16.3. The Hall–Kier alpha value is -3.12. The highest BCUT2D eigenvalue weighted by atomic mass is 32.1. The van der Waals surface area contributed by atoms with E-state index in [0.717, 1.165) is 31.2 Å². The minimum absolute atomic E-state index is 0.0660. The molecule has 2 bridgehead atoms. The molecule has 0 radical (unpaired) electrons. The Bertz CT molecular complexity index is 1240. The summed E-state index contributed by atoms with van der Waals surface area (Å²) in [5, 5.41) is 10.5. The van der Waals surface area contributed by atoms with E-state index in [9.17, 15) is 17.6 Å².